The first kappa shape index (κ1) is 17.5. The zero-order valence-electron chi connectivity index (χ0n) is 14.7. The van der Waals surface area contributed by atoms with Crippen LogP contribution >= 0.6 is 0 Å². The minimum Gasteiger partial charge on any atom is -0.497 e. The fraction of sp³-hybridized carbons (Fsp3) is 0.381. The number of nitrogens with one attached hydrogen (secondary N) is 1. The molecule has 0 spiro atoms. The Kier molecular flexibility index (Phi) is 5.07. The lowest BCUT2D eigenvalue weighted by atomic mass is 9.63. The fourth-order valence-electron chi connectivity index (χ4n) is 3.51. The lowest BCUT2D eigenvalue weighted by Gasteiger charge is -2.41. The van der Waals surface area contributed by atoms with Gasteiger partial charge in [0.1, 0.15) is 11.6 Å². The second-order valence-corrected chi connectivity index (χ2v) is 6.87. The minimum absolute atomic E-state index is 0.0116. The smallest absolute Gasteiger partial charge is 0.230 e. The van der Waals surface area contributed by atoms with Gasteiger partial charge >= 0.3 is 0 Å². The van der Waals surface area contributed by atoms with Crippen molar-refractivity contribution in [3.05, 3.63) is 65.5 Å². The van der Waals surface area contributed by atoms with E-state index in [0.717, 1.165) is 42.6 Å². The molecule has 132 valence electrons. The Labute approximate surface area is 148 Å². The molecular formula is C21H24FNO2. The number of carbonyl (C=O) groups is 1. The average molecular weight is 341 g/mol. The van der Waals surface area contributed by atoms with E-state index in [-0.39, 0.29) is 17.8 Å². The third-order valence-electron chi connectivity index (χ3n) is 5.09. The van der Waals surface area contributed by atoms with E-state index in [1.54, 1.807) is 19.2 Å². The number of methoxy groups -OCH3 is 1. The number of hydrogen-bond acceptors (Lipinski definition) is 2. The lowest BCUT2D eigenvalue weighted by molar-refractivity contribution is -0.130. The summed E-state index contributed by atoms with van der Waals surface area (Å²) in [5, 5.41) is 3.15. The van der Waals surface area contributed by atoms with Crippen molar-refractivity contribution in [1.82, 2.24) is 5.32 Å². The van der Waals surface area contributed by atoms with E-state index in [9.17, 15) is 9.18 Å². The van der Waals surface area contributed by atoms with E-state index in [1.165, 1.54) is 12.1 Å². The zero-order valence-corrected chi connectivity index (χ0v) is 14.7. The highest BCUT2D eigenvalue weighted by molar-refractivity contribution is 5.89. The molecule has 1 aliphatic rings. The summed E-state index contributed by atoms with van der Waals surface area (Å²) < 4.78 is 18.4. The molecule has 1 atom stereocenters. The van der Waals surface area contributed by atoms with Crippen LogP contribution in [-0.2, 0) is 16.6 Å². The average Bonchev–Trinajstić information content (AvgIpc) is 2.55. The molecule has 1 unspecified atom stereocenters. The van der Waals surface area contributed by atoms with Crippen LogP contribution in [-0.4, -0.2) is 19.1 Å². The van der Waals surface area contributed by atoms with Gasteiger partial charge in [-0.2, -0.15) is 0 Å². The van der Waals surface area contributed by atoms with Gasteiger partial charge in [0, 0.05) is 6.04 Å². The number of amides is 1. The summed E-state index contributed by atoms with van der Waals surface area (Å²) in [5.41, 5.74) is 1.53. The van der Waals surface area contributed by atoms with Crippen LogP contribution in [0.4, 0.5) is 4.39 Å². The van der Waals surface area contributed by atoms with Gasteiger partial charge in [-0.1, -0.05) is 30.7 Å². The molecule has 2 aromatic carbocycles. The minimum atomic E-state index is -0.504. The number of rotatable bonds is 6. The second-order valence-electron chi connectivity index (χ2n) is 6.87. The molecule has 1 saturated carbocycles. The highest BCUT2D eigenvalue weighted by atomic mass is 19.1. The predicted molar refractivity (Wildman–Crippen MR) is 96.2 cm³/mol. The van der Waals surface area contributed by atoms with Crippen molar-refractivity contribution in [2.45, 2.75) is 44.1 Å². The van der Waals surface area contributed by atoms with Gasteiger partial charge in [0.15, 0.2) is 0 Å². The van der Waals surface area contributed by atoms with E-state index in [1.807, 2.05) is 31.2 Å². The fourth-order valence-corrected chi connectivity index (χ4v) is 3.51. The first-order chi connectivity index (χ1) is 12.0. The molecule has 1 fully saturated rings. The Morgan fingerprint density at radius 2 is 1.96 bits per heavy atom. The molecule has 0 heterocycles. The summed E-state index contributed by atoms with van der Waals surface area (Å²) >= 11 is 0. The maximum atomic E-state index is 13.2. The van der Waals surface area contributed by atoms with Crippen molar-refractivity contribution >= 4 is 5.91 Å². The SMILES string of the molecule is COc1cccc(CC(C)NC(=O)C2(c3ccc(F)cc3)CCC2)c1. The van der Waals surface area contributed by atoms with Gasteiger partial charge in [-0.25, -0.2) is 4.39 Å². The predicted octanol–water partition coefficient (Wildman–Crippen LogP) is 4.00. The van der Waals surface area contributed by atoms with Crippen molar-refractivity contribution in [1.29, 1.82) is 0 Å². The van der Waals surface area contributed by atoms with E-state index in [4.69, 9.17) is 4.74 Å². The summed E-state index contributed by atoms with van der Waals surface area (Å²) in [4.78, 5) is 12.9. The van der Waals surface area contributed by atoms with Crippen LogP contribution in [0.5, 0.6) is 5.75 Å². The molecule has 0 bridgehead atoms. The lowest BCUT2D eigenvalue weighted by Crippen LogP contribution is -2.51. The van der Waals surface area contributed by atoms with Crippen LogP contribution in [0.25, 0.3) is 0 Å². The van der Waals surface area contributed by atoms with Crippen molar-refractivity contribution in [3.63, 3.8) is 0 Å². The summed E-state index contributed by atoms with van der Waals surface area (Å²) in [7, 11) is 1.65. The molecule has 3 rings (SSSR count). The van der Waals surface area contributed by atoms with Crippen LogP contribution in [0, 0.1) is 5.82 Å². The zero-order chi connectivity index (χ0) is 17.9. The Balaban J connectivity index is 1.68. The summed E-state index contributed by atoms with van der Waals surface area (Å²) in [6.45, 7) is 2.01. The molecule has 3 nitrogen and oxygen atoms in total. The van der Waals surface area contributed by atoms with Gasteiger partial charge in [-0.05, 0) is 61.6 Å². The molecule has 1 N–H and O–H groups in total. The quantitative estimate of drug-likeness (QED) is 0.862. The Morgan fingerprint density at radius 1 is 1.24 bits per heavy atom. The number of benzene rings is 2. The van der Waals surface area contributed by atoms with E-state index >= 15 is 0 Å². The van der Waals surface area contributed by atoms with Crippen molar-refractivity contribution in [2.24, 2.45) is 0 Å². The molecule has 1 aliphatic carbocycles. The second kappa shape index (κ2) is 7.26. The Bertz CT molecular complexity index is 738. The van der Waals surface area contributed by atoms with Gasteiger partial charge in [0.25, 0.3) is 0 Å². The molecule has 0 aromatic heterocycles. The first-order valence-corrected chi connectivity index (χ1v) is 8.73. The highest BCUT2D eigenvalue weighted by Crippen LogP contribution is 2.44. The number of ether oxygens (including phenoxy) is 1. The van der Waals surface area contributed by atoms with Gasteiger partial charge in [0.2, 0.25) is 5.91 Å². The molecule has 0 aliphatic heterocycles. The molecule has 25 heavy (non-hydrogen) atoms. The molecule has 0 saturated heterocycles. The number of hydrogen-bond donors (Lipinski definition) is 1. The van der Waals surface area contributed by atoms with Crippen LogP contribution in [0.2, 0.25) is 0 Å². The molecule has 0 radical (unpaired) electrons. The molecule has 2 aromatic rings. The number of carbonyl (C=O) groups excluding carboxylic acids is 1. The first-order valence-electron chi connectivity index (χ1n) is 8.73. The van der Waals surface area contributed by atoms with Crippen LogP contribution < -0.4 is 10.1 Å². The highest BCUT2D eigenvalue weighted by Gasteiger charge is 2.45. The van der Waals surface area contributed by atoms with Crippen LogP contribution in [0.3, 0.4) is 0 Å². The maximum absolute atomic E-state index is 13.2. The molecular weight excluding hydrogens is 317 g/mol. The van der Waals surface area contributed by atoms with Gasteiger partial charge < -0.3 is 10.1 Å². The summed E-state index contributed by atoms with van der Waals surface area (Å²) in [5.74, 6) is 0.587. The van der Waals surface area contributed by atoms with Gasteiger partial charge in [-0.15, -0.1) is 0 Å². The van der Waals surface area contributed by atoms with Crippen LogP contribution in [0.15, 0.2) is 48.5 Å². The third-order valence-corrected chi connectivity index (χ3v) is 5.09. The van der Waals surface area contributed by atoms with Crippen molar-refractivity contribution in [2.75, 3.05) is 7.11 Å². The Morgan fingerprint density at radius 3 is 2.56 bits per heavy atom. The van der Waals surface area contributed by atoms with Crippen molar-refractivity contribution < 1.29 is 13.9 Å². The topological polar surface area (TPSA) is 38.3 Å². The Hall–Kier alpha value is -2.36. The maximum Gasteiger partial charge on any atom is 0.230 e. The normalized spacial score (nSPS) is 16.6. The third kappa shape index (κ3) is 3.68. The molecule has 4 heteroatoms. The largest absolute Gasteiger partial charge is 0.497 e. The van der Waals surface area contributed by atoms with E-state index in [2.05, 4.69) is 5.32 Å². The molecule has 1 amide bonds. The standard InChI is InChI=1S/C21H24FNO2/c1-15(13-16-5-3-6-19(14-16)25-2)23-20(24)21(11-4-12-21)17-7-9-18(22)10-8-17/h3,5-10,14-15H,4,11-13H2,1-2H3,(H,23,24). The summed E-state index contributed by atoms with van der Waals surface area (Å²) in [6, 6.07) is 14.2. The van der Waals surface area contributed by atoms with Crippen molar-refractivity contribution in [3.8, 4) is 5.75 Å². The van der Waals surface area contributed by atoms with E-state index in [0.29, 0.717) is 0 Å². The van der Waals surface area contributed by atoms with Gasteiger partial charge in [-0.3, -0.25) is 4.79 Å². The number of halogens is 1. The van der Waals surface area contributed by atoms with E-state index < -0.39 is 5.41 Å². The van der Waals surface area contributed by atoms with Crippen LogP contribution in [0.1, 0.15) is 37.3 Å². The summed E-state index contributed by atoms with van der Waals surface area (Å²) in [6.07, 6.45) is 3.39. The van der Waals surface area contributed by atoms with Gasteiger partial charge in [0.05, 0.1) is 12.5 Å². The monoisotopic (exact) mass is 341 g/mol.